The molecule has 0 unspecified atom stereocenters. The van der Waals surface area contributed by atoms with E-state index in [1.54, 1.807) is 0 Å². The SMILES string of the molecule is Cl.N[C@@H](c1ccc(SC(F)(F)F)cc1)[C@H](O)C(F)(F)F. The topological polar surface area (TPSA) is 46.2 Å². The number of alkyl halides is 6. The van der Waals surface area contributed by atoms with Gasteiger partial charge in [0.1, 0.15) is 0 Å². The van der Waals surface area contributed by atoms with Crippen molar-refractivity contribution in [3.8, 4) is 0 Å². The average Bonchev–Trinajstić information content (AvgIpc) is 2.24. The third-order valence-electron chi connectivity index (χ3n) is 2.17. The highest BCUT2D eigenvalue weighted by molar-refractivity contribution is 8.00. The summed E-state index contributed by atoms with van der Waals surface area (Å²) in [6.45, 7) is 0. The van der Waals surface area contributed by atoms with Crippen molar-refractivity contribution < 1.29 is 31.4 Å². The number of hydrogen-bond acceptors (Lipinski definition) is 3. The number of rotatable bonds is 3. The number of aliphatic hydroxyl groups excluding tert-OH is 1. The number of aliphatic hydroxyl groups is 1. The number of thioether (sulfide) groups is 1. The van der Waals surface area contributed by atoms with E-state index in [1.165, 1.54) is 0 Å². The zero-order valence-electron chi connectivity index (χ0n) is 9.57. The maximum atomic E-state index is 12.2. The van der Waals surface area contributed by atoms with Crippen LogP contribution in [-0.4, -0.2) is 22.9 Å². The van der Waals surface area contributed by atoms with Gasteiger partial charge in [-0.05, 0) is 29.5 Å². The summed E-state index contributed by atoms with van der Waals surface area (Å²) in [4.78, 5) is -0.176. The fourth-order valence-electron chi connectivity index (χ4n) is 1.28. The van der Waals surface area contributed by atoms with Gasteiger partial charge in [-0.15, -0.1) is 12.4 Å². The van der Waals surface area contributed by atoms with E-state index in [1.807, 2.05) is 0 Å². The molecule has 0 aliphatic rings. The van der Waals surface area contributed by atoms with Crippen molar-refractivity contribution in [2.45, 2.75) is 28.7 Å². The van der Waals surface area contributed by atoms with Gasteiger partial charge in [-0.3, -0.25) is 0 Å². The summed E-state index contributed by atoms with van der Waals surface area (Å²) >= 11 is -0.390. The lowest BCUT2D eigenvalue weighted by Crippen LogP contribution is -2.38. The predicted molar refractivity (Wildman–Crippen MR) is 64.6 cm³/mol. The van der Waals surface area contributed by atoms with Gasteiger partial charge < -0.3 is 10.8 Å². The molecule has 3 N–H and O–H groups in total. The Kier molecular flexibility index (Phi) is 6.66. The third-order valence-corrected chi connectivity index (χ3v) is 2.91. The summed E-state index contributed by atoms with van der Waals surface area (Å²) in [6, 6.07) is 2.29. The summed E-state index contributed by atoms with van der Waals surface area (Å²) in [5, 5.41) is 8.93. The fourth-order valence-corrected chi connectivity index (χ4v) is 1.82. The van der Waals surface area contributed by atoms with Gasteiger partial charge in [-0.1, -0.05) is 12.1 Å². The molecule has 20 heavy (non-hydrogen) atoms. The van der Waals surface area contributed by atoms with Crippen LogP contribution in [0.4, 0.5) is 26.3 Å². The van der Waals surface area contributed by atoms with Gasteiger partial charge in [-0.25, -0.2) is 0 Å². The number of benzene rings is 1. The van der Waals surface area contributed by atoms with Gasteiger partial charge in [0.2, 0.25) is 0 Å². The molecule has 1 rings (SSSR count). The van der Waals surface area contributed by atoms with Crippen LogP contribution in [0, 0.1) is 0 Å². The summed E-state index contributed by atoms with van der Waals surface area (Å²) in [5.41, 5.74) is 0.625. The molecule has 0 heterocycles. The highest BCUT2D eigenvalue weighted by Gasteiger charge is 2.42. The van der Waals surface area contributed by atoms with Crippen molar-refractivity contribution >= 4 is 24.2 Å². The van der Waals surface area contributed by atoms with Crippen LogP contribution < -0.4 is 5.73 Å². The highest BCUT2D eigenvalue weighted by atomic mass is 35.5. The minimum atomic E-state index is -4.89. The Hall–Kier alpha value is -0.640. The van der Waals surface area contributed by atoms with Crippen molar-refractivity contribution in [2.75, 3.05) is 0 Å². The van der Waals surface area contributed by atoms with Gasteiger partial charge in [0, 0.05) is 4.90 Å². The predicted octanol–water partition coefficient (Wildman–Crippen LogP) is 3.64. The zero-order valence-corrected chi connectivity index (χ0v) is 11.2. The van der Waals surface area contributed by atoms with Crippen LogP contribution in [0.3, 0.4) is 0 Å². The molecule has 0 aliphatic heterocycles. The van der Waals surface area contributed by atoms with Crippen molar-refractivity contribution in [1.82, 2.24) is 0 Å². The normalized spacial score (nSPS) is 15.4. The monoisotopic (exact) mass is 341 g/mol. The second-order valence-electron chi connectivity index (χ2n) is 3.63. The molecule has 2 atom stereocenters. The van der Waals surface area contributed by atoms with Crippen LogP contribution in [0.5, 0.6) is 0 Å². The summed E-state index contributed by atoms with van der Waals surface area (Å²) in [5.74, 6) is 0. The van der Waals surface area contributed by atoms with Crippen LogP contribution in [0.25, 0.3) is 0 Å². The smallest absolute Gasteiger partial charge is 0.382 e. The zero-order chi connectivity index (χ0) is 14.8. The highest BCUT2D eigenvalue weighted by Crippen LogP contribution is 2.37. The molecule has 0 amide bonds. The van der Waals surface area contributed by atoms with Crippen LogP contribution in [0.15, 0.2) is 29.2 Å². The molecule has 0 bridgehead atoms. The van der Waals surface area contributed by atoms with Gasteiger partial charge >= 0.3 is 11.7 Å². The van der Waals surface area contributed by atoms with Crippen LogP contribution >= 0.6 is 24.2 Å². The van der Waals surface area contributed by atoms with Crippen molar-refractivity contribution in [2.24, 2.45) is 5.73 Å². The Morgan fingerprint density at radius 3 is 1.80 bits per heavy atom. The lowest BCUT2D eigenvalue weighted by molar-refractivity contribution is -0.210. The van der Waals surface area contributed by atoms with E-state index in [9.17, 15) is 26.3 Å². The van der Waals surface area contributed by atoms with Crippen molar-refractivity contribution in [3.63, 3.8) is 0 Å². The molecule has 0 saturated carbocycles. The maximum absolute atomic E-state index is 12.2. The standard InChI is InChI=1S/C10H9F6NOS.ClH/c11-9(12,13)8(18)7(17)5-1-3-6(4-2-5)19-10(14,15)16;/h1-4,7-8,18H,17H2;1H/t7-,8-;/m0./s1. The van der Waals surface area contributed by atoms with Gasteiger partial charge in [0.05, 0.1) is 6.04 Å². The molecule has 10 heteroatoms. The van der Waals surface area contributed by atoms with Crippen molar-refractivity contribution in [1.29, 1.82) is 0 Å². The van der Waals surface area contributed by atoms with E-state index in [2.05, 4.69) is 0 Å². The maximum Gasteiger partial charge on any atom is 0.446 e. The quantitative estimate of drug-likeness (QED) is 0.652. The fraction of sp³-hybridized carbons (Fsp3) is 0.400. The molecule has 0 fully saturated rings. The van der Waals surface area contributed by atoms with Gasteiger partial charge in [0.25, 0.3) is 0 Å². The molecular formula is C10H10ClF6NOS. The minimum absolute atomic E-state index is 0. The van der Waals surface area contributed by atoms with E-state index >= 15 is 0 Å². The van der Waals surface area contributed by atoms with E-state index in [0.29, 0.717) is 0 Å². The number of halogens is 7. The first kappa shape index (κ1) is 19.4. The third kappa shape index (κ3) is 5.78. The summed E-state index contributed by atoms with van der Waals surface area (Å²) in [7, 11) is 0. The number of nitrogens with two attached hydrogens (primary N) is 1. The van der Waals surface area contributed by atoms with Crippen LogP contribution in [-0.2, 0) is 0 Å². The molecular weight excluding hydrogens is 332 g/mol. The summed E-state index contributed by atoms with van der Waals surface area (Å²) in [6.07, 6.45) is -7.66. The molecule has 1 aromatic carbocycles. The van der Waals surface area contributed by atoms with E-state index in [4.69, 9.17) is 10.8 Å². The first-order valence-electron chi connectivity index (χ1n) is 4.87. The van der Waals surface area contributed by atoms with E-state index in [-0.39, 0.29) is 22.9 Å². The Labute approximate surface area is 120 Å². The molecule has 1 aromatic rings. The Morgan fingerprint density at radius 1 is 1.00 bits per heavy atom. The summed E-state index contributed by atoms with van der Waals surface area (Å²) < 4.78 is 72.7. The lowest BCUT2D eigenvalue weighted by Gasteiger charge is -2.21. The molecule has 0 aliphatic carbocycles. The lowest BCUT2D eigenvalue weighted by atomic mass is 10.0. The minimum Gasteiger partial charge on any atom is -0.382 e. The molecule has 0 radical (unpaired) electrons. The van der Waals surface area contributed by atoms with Gasteiger partial charge in [0.15, 0.2) is 6.10 Å². The molecule has 0 saturated heterocycles. The molecule has 2 nitrogen and oxygen atoms in total. The van der Waals surface area contributed by atoms with Crippen molar-refractivity contribution in [3.05, 3.63) is 29.8 Å². The van der Waals surface area contributed by atoms with Crippen LogP contribution in [0.1, 0.15) is 11.6 Å². The Balaban J connectivity index is 0.00000361. The first-order valence-corrected chi connectivity index (χ1v) is 5.68. The second-order valence-corrected chi connectivity index (χ2v) is 4.77. The first-order chi connectivity index (χ1) is 8.50. The molecule has 0 spiro atoms. The second kappa shape index (κ2) is 6.88. The van der Waals surface area contributed by atoms with E-state index < -0.39 is 35.6 Å². The van der Waals surface area contributed by atoms with E-state index in [0.717, 1.165) is 24.3 Å². The largest absolute Gasteiger partial charge is 0.446 e. The van der Waals surface area contributed by atoms with Gasteiger partial charge in [-0.2, -0.15) is 26.3 Å². The molecule has 116 valence electrons. The Morgan fingerprint density at radius 2 is 1.45 bits per heavy atom. The Bertz CT molecular complexity index is 421. The van der Waals surface area contributed by atoms with Crippen LogP contribution in [0.2, 0.25) is 0 Å². The number of hydrogen-bond donors (Lipinski definition) is 2. The average molecular weight is 342 g/mol. The molecule has 0 aromatic heterocycles.